The van der Waals surface area contributed by atoms with Crippen LogP contribution in [0.5, 0.6) is 0 Å². The van der Waals surface area contributed by atoms with Crippen molar-refractivity contribution >= 4 is 35.0 Å². The van der Waals surface area contributed by atoms with Crippen LogP contribution < -0.4 is 5.32 Å². The zero-order valence-electron chi connectivity index (χ0n) is 10.8. The second-order valence-electron chi connectivity index (χ2n) is 4.95. The summed E-state index contributed by atoms with van der Waals surface area (Å²) in [5, 5.41) is 3.60. The smallest absolute Gasteiger partial charge is 0.411 e. The molecule has 0 heterocycles. The third kappa shape index (κ3) is 4.02. The lowest BCUT2D eigenvalue weighted by atomic mass is 9.88. The number of carbonyl (C=O) groups is 1. The highest BCUT2D eigenvalue weighted by Gasteiger charge is 2.24. The maximum absolute atomic E-state index is 11.9. The summed E-state index contributed by atoms with van der Waals surface area (Å²) in [4.78, 5) is 11.9. The Hall–Kier alpha value is -0.930. The normalized spacial score (nSPS) is 22.9. The van der Waals surface area contributed by atoms with Gasteiger partial charge in [-0.1, -0.05) is 36.5 Å². The quantitative estimate of drug-likeness (QED) is 0.823. The van der Waals surface area contributed by atoms with Crippen LogP contribution in [0.15, 0.2) is 18.2 Å². The van der Waals surface area contributed by atoms with Gasteiger partial charge in [-0.2, -0.15) is 0 Å². The Bertz CT molecular complexity index is 465. The molecule has 2 rings (SSSR count). The molecule has 19 heavy (non-hydrogen) atoms. The average Bonchev–Trinajstić information content (AvgIpc) is 2.37. The van der Waals surface area contributed by atoms with E-state index >= 15 is 0 Å². The average molecular weight is 302 g/mol. The zero-order valence-corrected chi connectivity index (χ0v) is 12.3. The molecule has 1 aromatic rings. The minimum Gasteiger partial charge on any atom is -0.446 e. The Kier molecular flexibility index (Phi) is 4.94. The number of halogens is 2. The minimum absolute atomic E-state index is 0.00768. The summed E-state index contributed by atoms with van der Waals surface area (Å²) in [7, 11) is 0. The Morgan fingerprint density at radius 2 is 2.05 bits per heavy atom. The fourth-order valence-corrected chi connectivity index (χ4v) is 2.66. The molecule has 104 valence electrons. The summed E-state index contributed by atoms with van der Waals surface area (Å²) in [6.45, 7) is 2.11. The van der Waals surface area contributed by atoms with E-state index in [9.17, 15) is 4.79 Å². The van der Waals surface area contributed by atoms with Crippen molar-refractivity contribution in [1.29, 1.82) is 0 Å². The molecule has 0 bridgehead atoms. The highest BCUT2D eigenvalue weighted by atomic mass is 35.5. The number of ether oxygens (including phenoxy) is 1. The van der Waals surface area contributed by atoms with Gasteiger partial charge in [0.05, 0.1) is 10.7 Å². The van der Waals surface area contributed by atoms with Gasteiger partial charge in [0.15, 0.2) is 0 Å². The van der Waals surface area contributed by atoms with Crippen LogP contribution in [0.25, 0.3) is 0 Å². The number of nitrogens with one attached hydrogen (secondary N) is 1. The van der Waals surface area contributed by atoms with Gasteiger partial charge < -0.3 is 4.74 Å². The van der Waals surface area contributed by atoms with Crippen molar-refractivity contribution in [2.45, 2.75) is 38.7 Å². The van der Waals surface area contributed by atoms with E-state index in [1.807, 2.05) is 0 Å². The molecule has 0 spiro atoms. The van der Waals surface area contributed by atoms with Crippen LogP contribution in [-0.4, -0.2) is 12.2 Å². The molecule has 0 aliphatic heterocycles. The van der Waals surface area contributed by atoms with Crippen LogP contribution in [0.1, 0.15) is 32.6 Å². The lowest BCUT2D eigenvalue weighted by Crippen LogP contribution is -2.30. The first-order chi connectivity index (χ1) is 9.06. The van der Waals surface area contributed by atoms with Crippen molar-refractivity contribution in [3.8, 4) is 0 Å². The first kappa shape index (κ1) is 14.5. The summed E-state index contributed by atoms with van der Waals surface area (Å²) in [6, 6.07) is 4.92. The number of rotatable bonds is 2. The Morgan fingerprint density at radius 1 is 1.32 bits per heavy atom. The zero-order chi connectivity index (χ0) is 13.8. The van der Waals surface area contributed by atoms with E-state index in [4.69, 9.17) is 27.9 Å². The fourth-order valence-electron chi connectivity index (χ4n) is 2.33. The maximum atomic E-state index is 11.9. The van der Waals surface area contributed by atoms with Crippen LogP contribution in [-0.2, 0) is 4.74 Å². The largest absolute Gasteiger partial charge is 0.446 e. The van der Waals surface area contributed by atoms with Crippen molar-refractivity contribution in [3.63, 3.8) is 0 Å². The predicted molar refractivity (Wildman–Crippen MR) is 78.0 cm³/mol. The highest BCUT2D eigenvalue weighted by molar-refractivity contribution is 6.35. The number of carbonyl (C=O) groups excluding carboxylic acids is 1. The Morgan fingerprint density at radius 3 is 2.79 bits per heavy atom. The first-order valence-electron chi connectivity index (χ1n) is 6.49. The number of amides is 1. The van der Waals surface area contributed by atoms with Gasteiger partial charge in [0, 0.05) is 5.02 Å². The molecule has 1 amide bonds. The van der Waals surface area contributed by atoms with Gasteiger partial charge in [-0.05, 0) is 43.4 Å². The van der Waals surface area contributed by atoms with Gasteiger partial charge >= 0.3 is 6.09 Å². The Balaban J connectivity index is 1.95. The SMILES string of the molecule is C[C@@H]1CCCC[C@H]1OC(=O)Nc1cc(Cl)ccc1Cl. The number of hydrogen-bond acceptors (Lipinski definition) is 2. The number of benzene rings is 1. The molecule has 1 aromatic carbocycles. The number of hydrogen-bond donors (Lipinski definition) is 1. The molecule has 1 fully saturated rings. The molecular weight excluding hydrogens is 285 g/mol. The third-order valence-corrected chi connectivity index (χ3v) is 4.02. The molecule has 5 heteroatoms. The van der Waals surface area contributed by atoms with Crippen LogP contribution >= 0.6 is 23.2 Å². The molecular formula is C14H17Cl2NO2. The van der Waals surface area contributed by atoms with Gasteiger partial charge in [-0.15, -0.1) is 0 Å². The standard InChI is InChI=1S/C14H17Cl2NO2/c1-9-4-2-3-5-13(9)19-14(18)17-12-8-10(15)6-7-11(12)16/h6-9,13H,2-5H2,1H3,(H,17,18)/t9-,13-/m1/s1. The van der Waals surface area contributed by atoms with E-state index in [2.05, 4.69) is 12.2 Å². The topological polar surface area (TPSA) is 38.3 Å². The minimum atomic E-state index is -0.470. The summed E-state index contributed by atoms with van der Waals surface area (Å²) in [5.74, 6) is 0.411. The van der Waals surface area contributed by atoms with Crippen LogP contribution in [0.2, 0.25) is 10.0 Å². The summed E-state index contributed by atoms with van der Waals surface area (Å²) in [6.07, 6.45) is 3.88. The second kappa shape index (κ2) is 6.49. The Labute approximate surface area is 123 Å². The molecule has 0 aromatic heterocycles. The monoisotopic (exact) mass is 301 g/mol. The molecule has 0 saturated heterocycles. The van der Waals surface area contributed by atoms with E-state index < -0.39 is 6.09 Å². The van der Waals surface area contributed by atoms with Gasteiger partial charge in [0.1, 0.15) is 6.10 Å². The van der Waals surface area contributed by atoms with E-state index in [0.717, 1.165) is 19.3 Å². The van der Waals surface area contributed by atoms with E-state index in [1.165, 1.54) is 6.42 Å². The van der Waals surface area contributed by atoms with Crippen LogP contribution in [0, 0.1) is 5.92 Å². The molecule has 1 N–H and O–H groups in total. The lowest BCUT2D eigenvalue weighted by molar-refractivity contribution is 0.0524. The molecule has 0 unspecified atom stereocenters. The van der Waals surface area contributed by atoms with Gasteiger partial charge in [0.2, 0.25) is 0 Å². The summed E-state index contributed by atoms with van der Waals surface area (Å²) < 4.78 is 5.45. The highest BCUT2D eigenvalue weighted by Crippen LogP contribution is 2.28. The fraction of sp³-hybridized carbons (Fsp3) is 0.500. The van der Waals surface area contributed by atoms with Gasteiger partial charge in [-0.3, -0.25) is 5.32 Å². The molecule has 3 nitrogen and oxygen atoms in total. The maximum Gasteiger partial charge on any atom is 0.411 e. The van der Waals surface area contributed by atoms with E-state index in [0.29, 0.717) is 21.7 Å². The molecule has 1 saturated carbocycles. The van der Waals surface area contributed by atoms with Crippen molar-refractivity contribution < 1.29 is 9.53 Å². The van der Waals surface area contributed by atoms with Crippen molar-refractivity contribution in [1.82, 2.24) is 0 Å². The van der Waals surface area contributed by atoms with Crippen molar-refractivity contribution in [3.05, 3.63) is 28.2 Å². The lowest BCUT2D eigenvalue weighted by Gasteiger charge is -2.28. The summed E-state index contributed by atoms with van der Waals surface area (Å²) in [5.41, 5.74) is 0.475. The van der Waals surface area contributed by atoms with Crippen LogP contribution in [0.4, 0.5) is 10.5 Å². The molecule has 0 radical (unpaired) electrons. The second-order valence-corrected chi connectivity index (χ2v) is 5.80. The van der Waals surface area contributed by atoms with E-state index in [1.54, 1.807) is 18.2 Å². The van der Waals surface area contributed by atoms with Crippen molar-refractivity contribution in [2.24, 2.45) is 5.92 Å². The third-order valence-electron chi connectivity index (χ3n) is 3.46. The summed E-state index contributed by atoms with van der Waals surface area (Å²) >= 11 is 11.8. The molecule has 1 aliphatic carbocycles. The predicted octanol–water partition coefficient (Wildman–Crippen LogP) is 5.12. The van der Waals surface area contributed by atoms with Crippen molar-refractivity contribution in [2.75, 3.05) is 5.32 Å². The van der Waals surface area contributed by atoms with E-state index in [-0.39, 0.29) is 6.10 Å². The van der Waals surface area contributed by atoms with Gasteiger partial charge in [-0.25, -0.2) is 4.79 Å². The van der Waals surface area contributed by atoms with Gasteiger partial charge in [0.25, 0.3) is 0 Å². The number of anilines is 1. The molecule has 1 aliphatic rings. The first-order valence-corrected chi connectivity index (χ1v) is 7.24. The van der Waals surface area contributed by atoms with Crippen LogP contribution in [0.3, 0.4) is 0 Å². The molecule has 2 atom stereocenters.